The van der Waals surface area contributed by atoms with E-state index in [0.29, 0.717) is 13.0 Å². The zero-order valence-electron chi connectivity index (χ0n) is 8.66. The van der Waals surface area contributed by atoms with Gasteiger partial charge in [-0.3, -0.25) is 9.69 Å². The molecular weight excluding hydrogens is 182 g/mol. The summed E-state index contributed by atoms with van der Waals surface area (Å²) in [5, 5.41) is 2.62. The molecule has 5 nitrogen and oxygen atoms in total. The molecule has 0 aromatic rings. The molecule has 0 spiro atoms. The maximum atomic E-state index is 11.2. The Balaban J connectivity index is 2.39. The number of amides is 1. The van der Waals surface area contributed by atoms with Crippen LogP contribution in [0.2, 0.25) is 0 Å². The summed E-state index contributed by atoms with van der Waals surface area (Å²) in [6, 6.07) is 0.152. The minimum absolute atomic E-state index is 0.0481. The average molecular weight is 201 g/mol. The van der Waals surface area contributed by atoms with Crippen LogP contribution in [-0.4, -0.2) is 56.7 Å². The van der Waals surface area contributed by atoms with Crippen molar-refractivity contribution >= 4 is 5.91 Å². The maximum absolute atomic E-state index is 11.2. The highest BCUT2D eigenvalue weighted by atomic mass is 16.5. The summed E-state index contributed by atoms with van der Waals surface area (Å²) in [6.45, 7) is 3.75. The Bertz CT molecular complexity index is 181. The highest BCUT2D eigenvalue weighted by molar-refractivity contribution is 5.76. The minimum Gasteiger partial charge on any atom is -0.379 e. The molecule has 0 aliphatic carbocycles. The van der Waals surface area contributed by atoms with Crippen molar-refractivity contribution in [2.45, 2.75) is 12.5 Å². The predicted molar refractivity (Wildman–Crippen MR) is 53.9 cm³/mol. The van der Waals surface area contributed by atoms with Crippen molar-refractivity contribution in [1.82, 2.24) is 10.2 Å². The van der Waals surface area contributed by atoms with Crippen molar-refractivity contribution < 1.29 is 9.53 Å². The molecule has 0 bridgehead atoms. The van der Waals surface area contributed by atoms with Gasteiger partial charge in [0.05, 0.1) is 13.2 Å². The van der Waals surface area contributed by atoms with Gasteiger partial charge in [0.25, 0.3) is 0 Å². The fourth-order valence-corrected chi connectivity index (χ4v) is 1.62. The van der Waals surface area contributed by atoms with Crippen LogP contribution in [0.15, 0.2) is 0 Å². The lowest BCUT2D eigenvalue weighted by atomic mass is 10.1. The summed E-state index contributed by atoms with van der Waals surface area (Å²) in [6.07, 6.45) is 0.479. The van der Waals surface area contributed by atoms with Crippen LogP contribution in [0.1, 0.15) is 6.42 Å². The molecule has 1 aliphatic rings. The number of hydrogen-bond donors (Lipinski definition) is 2. The lowest BCUT2D eigenvalue weighted by Crippen LogP contribution is -2.48. The Hall–Kier alpha value is -0.650. The van der Waals surface area contributed by atoms with Gasteiger partial charge < -0.3 is 15.8 Å². The van der Waals surface area contributed by atoms with Crippen LogP contribution < -0.4 is 11.1 Å². The van der Waals surface area contributed by atoms with E-state index in [1.54, 1.807) is 7.05 Å². The molecular formula is C9H19N3O2. The van der Waals surface area contributed by atoms with E-state index in [1.165, 1.54) is 0 Å². The lowest BCUT2D eigenvalue weighted by molar-refractivity contribution is -0.122. The minimum atomic E-state index is 0.0481. The molecule has 3 N–H and O–H groups in total. The molecule has 14 heavy (non-hydrogen) atoms. The molecule has 82 valence electrons. The van der Waals surface area contributed by atoms with Crippen LogP contribution in [0.3, 0.4) is 0 Å². The van der Waals surface area contributed by atoms with Gasteiger partial charge in [0.1, 0.15) is 0 Å². The van der Waals surface area contributed by atoms with Gasteiger partial charge in [0.15, 0.2) is 0 Å². The molecule has 1 rings (SSSR count). The number of carbonyl (C=O) groups is 1. The summed E-state index contributed by atoms with van der Waals surface area (Å²) in [5.74, 6) is 0.0481. The fourth-order valence-electron chi connectivity index (χ4n) is 1.62. The molecule has 1 aliphatic heterocycles. The van der Waals surface area contributed by atoms with E-state index >= 15 is 0 Å². The Morgan fingerprint density at radius 1 is 1.57 bits per heavy atom. The van der Waals surface area contributed by atoms with Crippen LogP contribution in [-0.2, 0) is 9.53 Å². The van der Waals surface area contributed by atoms with E-state index in [-0.39, 0.29) is 11.9 Å². The van der Waals surface area contributed by atoms with Gasteiger partial charge in [0, 0.05) is 39.1 Å². The highest BCUT2D eigenvalue weighted by Gasteiger charge is 2.21. The van der Waals surface area contributed by atoms with Gasteiger partial charge in [-0.05, 0) is 0 Å². The molecule has 0 aromatic carbocycles. The molecule has 0 radical (unpaired) electrons. The van der Waals surface area contributed by atoms with Crippen molar-refractivity contribution in [2.75, 3.05) is 39.9 Å². The number of carbonyl (C=O) groups excluding carboxylic acids is 1. The van der Waals surface area contributed by atoms with Crippen molar-refractivity contribution in [2.24, 2.45) is 5.73 Å². The second kappa shape index (κ2) is 5.95. The normalized spacial score (nSPS) is 20.4. The first-order valence-electron chi connectivity index (χ1n) is 5.00. The summed E-state index contributed by atoms with van der Waals surface area (Å²) >= 11 is 0. The largest absolute Gasteiger partial charge is 0.379 e. The van der Waals surface area contributed by atoms with Crippen molar-refractivity contribution in [3.63, 3.8) is 0 Å². The fraction of sp³-hybridized carbons (Fsp3) is 0.889. The Kier molecular flexibility index (Phi) is 4.86. The number of nitrogens with one attached hydrogen (secondary N) is 1. The van der Waals surface area contributed by atoms with Crippen LogP contribution >= 0.6 is 0 Å². The van der Waals surface area contributed by atoms with E-state index in [9.17, 15) is 4.79 Å². The zero-order valence-corrected chi connectivity index (χ0v) is 8.66. The van der Waals surface area contributed by atoms with E-state index in [2.05, 4.69) is 10.2 Å². The third kappa shape index (κ3) is 3.25. The number of nitrogens with zero attached hydrogens (tertiary/aromatic N) is 1. The molecule has 0 saturated carbocycles. The van der Waals surface area contributed by atoms with E-state index in [1.807, 2.05) is 0 Å². The second-order valence-electron chi connectivity index (χ2n) is 3.42. The molecule has 1 heterocycles. The smallest absolute Gasteiger partial charge is 0.221 e. The summed E-state index contributed by atoms with van der Waals surface area (Å²) in [4.78, 5) is 13.4. The monoisotopic (exact) mass is 201 g/mol. The van der Waals surface area contributed by atoms with Crippen molar-refractivity contribution in [3.8, 4) is 0 Å². The second-order valence-corrected chi connectivity index (χ2v) is 3.42. The quantitative estimate of drug-likeness (QED) is 0.598. The number of ether oxygens (including phenoxy) is 1. The molecule has 1 fully saturated rings. The van der Waals surface area contributed by atoms with Crippen LogP contribution in [0.5, 0.6) is 0 Å². The summed E-state index contributed by atoms with van der Waals surface area (Å²) in [7, 11) is 1.65. The third-order valence-electron chi connectivity index (χ3n) is 2.53. The van der Waals surface area contributed by atoms with Gasteiger partial charge in [-0.1, -0.05) is 0 Å². The number of morpholine rings is 1. The Labute approximate surface area is 84.6 Å². The SMILES string of the molecule is CNC(=O)CC(CN)N1CCOCC1. The maximum Gasteiger partial charge on any atom is 0.221 e. The van der Waals surface area contributed by atoms with Crippen LogP contribution in [0.4, 0.5) is 0 Å². The average Bonchev–Trinajstić information content (AvgIpc) is 2.26. The van der Waals surface area contributed by atoms with Crippen LogP contribution in [0, 0.1) is 0 Å². The summed E-state index contributed by atoms with van der Waals surface area (Å²) in [5.41, 5.74) is 5.64. The first kappa shape index (κ1) is 11.4. The molecule has 1 unspecified atom stereocenters. The molecule has 1 atom stereocenters. The first-order chi connectivity index (χ1) is 6.77. The van der Waals surface area contributed by atoms with Gasteiger partial charge in [-0.2, -0.15) is 0 Å². The van der Waals surface area contributed by atoms with Gasteiger partial charge in [0.2, 0.25) is 5.91 Å². The van der Waals surface area contributed by atoms with E-state index < -0.39 is 0 Å². The van der Waals surface area contributed by atoms with Crippen molar-refractivity contribution in [3.05, 3.63) is 0 Å². The Morgan fingerprint density at radius 2 is 2.21 bits per heavy atom. The van der Waals surface area contributed by atoms with Gasteiger partial charge in [-0.25, -0.2) is 0 Å². The number of hydrogen-bond acceptors (Lipinski definition) is 4. The lowest BCUT2D eigenvalue weighted by Gasteiger charge is -2.33. The molecule has 1 amide bonds. The number of rotatable bonds is 4. The van der Waals surface area contributed by atoms with Crippen LogP contribution in [0.25, 0.3) is 0 Å². The topological polar surface area (TPSA) is 67.6 Å². The summed E-state index contributed by atoms with van der Waals surface area (Å²) < 4.78 is 5.24. The van der Waals surface area contributed by atoms with E-state index in [0.717, 1.165) is 26.3 Å². The first-order valence-corrected chi connectivity index (χ1v) is 5.00. The number of nitrogens with two attached hydrogens (primary N) is 1. The zero-order chi connectivity index (χ0) is 10.4. The van der Waals surface area contributed by atoms with Gasteiger partial charge >= 0.3 is 0 Å². The Morgan fingerprint density at radius 3 is 2.71 bits per heavy atom. The predicted octanol–water partition coefficient (Wildman–Crippen LogP) is -1.22. The standard InChI is InChI=1S/C9H19N3O2/c1-11-9(13)6-8(7-10)12-2-4-14-5-3-12/h8H,2-7,10H2,1H3,(H,11,13). The third-order valence-corrected chi connectivity index (χ3v) is 2.53. The van der Waals surface area contributed by atoms with E-state index in [4.69, 9.17) is 10.5 Å². The molecule has 1 saturated heterocycles. The van der Waals surface area contributed by atoms with Crippen molar-refractivity contribution in [1.29, 1.82) is 0 Å². The van der Waals surface area contributed by atoms with Gasteiger partial charge in [-0.15, -0.1) is 0 Å². The molecule has 5 heteroatoms. The molecule has 0 aromatic heterocycles. The highest BCUT2D eigenvalue weighted by Crippen LogP contribution is 2.06.